The van der Waals surface area contributed by atoms with Crippen LogP contribution in [0.1, 0.15) is 11.3 Å². The minimum absolute atomic E-state index is 0.157. The molecule has 3 aromatic rings. The third kappa shape index (κ3) is 3.15. The molecule has 0 saturated heterocycles. The zero-order valence-electron chi connectivity index (χ0n) is 13.5. The van der Waals surface area contributed by atoms with Gasteiger partial charge in [-0.05, 0) is 19.1 Å². The van der Waals surface area contributed by atoms with Gasteiger partial charge in [-0.3, -0.25) is 0 Å². The van der Waals surface area contributed by atoms with Crippen molar-refractivity contribution in [3.05, 3.63) is 71.9 Å². The van der Waals surface area contributed by atoms with E-state index in [1.165, 1.54) is 4.90 Å². The summed E-state index contributed by atoms with van der Waals surface area (Å²) in [5, 5.41) is 0. The van der Waals surface area contributed by atoms with E-state index in [2.05, 4.69) is 34.2 Å². The fourth-order valence-electron chi connectivity index (χ4n) is 2.84. The van der Waals surface area contributed by atoms with Crippen molar-refractivity contribution in [2.24, 2.45) is 0 Å². The normalized spacial score (nSPS) is 15.8. The van der Waals surface area contributed by atoms with Gasteiger partial charge < -0.3 is 4.74 Å². The zero-order chi connectivity index (χ0) is 16.4. The molecule has 1 aliphatic rings. The third-order valence-corrected chi connectivity index (χ3v) is 5.24. The summed E-state index contributed by atoms with van der Waals surface area (Å²) in [7, 11) is 0. The molecule has 1 aromatic heterocycles. The topological polar surface area (TPSA) is 35.0 Å². The number of ether oxygens (including phenoxy) is 1. The number of hydrogen-bond donors (Lipinski definition) is 0. The maximum Gasteiger partial charge on any atom is 0.220 e. The van der Waals surface area contributed by atoms with Gasteiger partial charge in [-0.25, -0.2) is 4.98 Å². The molecular weight excluding hydrogens is 316 g/mol. The largest absolute Gasteiger partial charge is 0.473 e. The highest BCUT2D eigenvalue weighted by Gasteiger charge is 2.27. The van der Waals surface area contributed by atoms with Crippen molar-refractivity contribution in [2.75, 3.05) is 5.75 Å². The lowest BCUT2D eigenvalue weighted by Gasteiger charge is -2.09. The molecule has 0 bridgehead atoms. The number of benzene rings is 2. The smallest absolute Gasteiger partial charge is 0.220 e. The zero-order valence-corrected chi connectivity index (χ0v) is 14.3. The summed E-state index contributed by atoms with van der Waals surface area (Å²) in [5.74, 6) is 2.41. The second-order valence-corrected chi connectivity index (χ2v) is 6.94. The van der Waals surface area contributed by atoms with Crippen molar-refractivity contribution in [1.82, 2.24) is 9.97 Å². The van der Waals surface area contributed by atoms with Gasteiger partial charge in [-0.15, -0.1) is 11.8 Å². The third-order valence-electron chi connectivity index (χ3n) is 4.10. The first-order valence-corrected chi connectivity index (χ1v) is 9.05. The van der Waals surface area contributed by atoms with E-state index in [1.807, 2.05) is 55.1 Å². The first kappa shape index (κ1) is 15.2. The molecule has 4 heteroatoms. The van der Waals surface area contributed by atoms with Crippen molar-refractivity contribution in [2.45, 2.75) is 24.3 Å². The van der Waals surface area contributed by atoms with E-state index in [1.54, 1.807) is 0 Å². The fourth-order valence-corrected chi connectivity index (χ4v) is 3.76. The monoisotopic (exact) mass is 334 g/mol. The maximum absolute atomic E-state index is 6.10. The first-order chi connectivity index (χ1) is 11.8. The second kappa shape index (κ2) is 6.65. The van der Waals surface area contributed by atoms with Gasteiger partial charge in [0.05, 0.1) is 0 Å². The Bertz CT molecular complexity index is 837. The number of fused-ring (bicyclic) bond motifs is 1. The molecule has 1 atom stereocenters. The Labute approximate surface area is 146 Å². The number of aryl methyl sites for hydroxylation is 1. The average Bonchev–Trinajstić information content (AvgIpc) is 3.05. The predicted octanol–water partition coefficient (Wildman–Crippen LogP) is 4.55. The molecule has 24 heavy (non-hydrogen) atoms. The van der Waals surface area contributed by atoms with E-state index in [4.69, 9.17) is 4.74 Å². The summed E-state index contributed by atoms with van der Waals surface area (Å²) in [6, 6.07) is 20.5. The summed E-state index contributed by atoms with van der Waals surface area (Å²) in [5.41, 5.74) is 3.19. The van der Waals surface area contributed by atoms with Crippen molar-refractivity contribution in [3.8, 4) is 17.3 Å². The Balaban J connectivity index is 1.51. The van der Waals surface area contributed by atoms with Crippen LogP contribution in [0.4, 0.5) is 0 Å². The van der Waals surface area contributed by atoms with Crippen LogP contribution in [0.25, 0.3) is 11.4 Å². The van der Waals surface area contributed by atoms with E-state index < -0.39 is 0 Å². The Hall–Kier alpha value is -2.33. The molecule has 0 spiro atoms. The lowest BCUT2D eigenvalue weighted by molar-refractivity contribution is 0.251. The molecule has 0 saturated carbocycles. The van der Waals surface area contributed by atoms with Crippen LogP contribution in [0, 0.1) is 6.92 Å². The lowest BCUT2D eigenvalue weighted by atomic mass is 10.1. The quantitative estimate of drug-likeness (QED) is 0.656. The maximum atomic E-state index is 6.10. The van der Waals surface area contributed by atoms with E-state index >= 15 is 0 Å². The molecule has 0 N–H and O–H groups in total. The summed E-state index contributed by atoms with van der Waals surface area (Å²) in [6.45, 7) is 2.04. The number of thioether (sulfide) groups is 1. The Morgan fingerprint density at radius 3 is 2.46 bits per heavy atom. The van der Waals surface area contributed by atoms with Crippen molar-refractivity contribution in [1.29, 1.82) is 0 Å². The van der Waals surface area contributed by atoms with Crippen molar-refractivity contribution in [3.63, 3.8) is 0 Å². The van der Waals surface area contributed by atoms with Crippen LogP contribution >= 0.6 is 11.8 Å². The molecule has 3 nitrogen and oxygen atoms in total. The SMILES string of the molecule is Cc1nc(-c2ccccc2)nc2c1CC(CSc1ccccc1)O2. The van der Waals surface area contributed by atoms with Gasteiger partial charge in [0.2, 0.25) is 5.88 Å². The molecule has 1 aliphatic heterocycles. The second-order valence-electron chi connectivity index (χ2n) is 5.85. The van der Waals surface area contributed by atoms with Gasteiger partial charge in [0.25, 0.3) is 0 Å². The molecule has 0 fully saturated rings. The van der Waals surface area contributed by atoms with E-state index in [0.29, 0.717) is 0 Å². The molecule has 0 amide bonds. The number of rotatable bonds is 4. The van der Waals surface area contributed by atoms with Crippen LogP contribution in [0.15, 0.2) is 65.6 Å². The first-order valence-electron chi connectivity index (χ1n) is 8.07. The van der Waals surface area contributed by atoms with E-state index in [9.17, 15) is 0 Å². The van der Waals surface area contributed by atoms with E-state index in [-0.39, 0.29) is 6.10 Å². The number of nitrogens with zero attached hydrogens (tertiary/aromatic N) is 2. The highest BCUT2D eigenvalue weighted by Crippen LogP contribution is 2.33. The number of aromatic nitrogens is 2. The van der Waals surface area contributed by atoms with Gasteiger partial charge in [-0.2, -0.15) is 4.98 Å². The summed E-state index contributed by atoms with van der Waals surface area (Å²) in [6.07, 6.45) is 1.04. The van der Waals surface area contributed by atoms with Crippen molar-refractivity contribution >= 4 is 11.8 Å². The summed E-state index contributed by atoms with van der Waals surface area (Å²) < 4.78 is 6.10. The standard InChI is InChI=1S/C20H18N2OS/c1-14-18-12-16(13-24-17-10-6-3-7-11-17)23-20(18)22-19(21-14)15-8-4-2-5-9-15/h2-11,16H,12-13H2,1H3. The minimum Gasteiger partial charge on any atom is -0.473 e. The van der Waals surface area contributed by atoms with Crippen LogP contribution < -0.4 is 4.74 Å². The van der Waals surface area contributed by atoms with Crippen LogP contribution in [0.3, 0.4) is 0 Å². The van der Waals surface area contributed by atoms with Gasteiger partial charge in [0, 0.05) is 33.9 Å². The Kier molecular flexibility index (Phi) is 4.22. The molecule has 4 rings (SSSR count). The van der Waals surface area contributed by atoms with E-state index in [0.717, 1.165) is 40.7 Å². The predicted molar refractivity (Wildman–Crippen MR) is 97.5 cm³/mol. The highest BCUT2D eigenvalue weighted by molar-refractivity contribution is 7.99. The fraction of sp³-hybridized carbons (Fsp3) is 0.200. The molecular formula is C20H18N2OS. The Morgan fingerprint density at radius 1 is 1.00 bits per heavy atom. The van der Waals surface area contributed by atoms with Gasteiger partial charge in [-0.1, -0.05) is 48.5 Å². The molecule has 120 valence electrons. The molecule has 0 aliphatic carbocycles. The lowest BCUT2D eigenvalue weighted by Crippen LogP contribution is -2.16. The molecule has 0 radical (unpaired) electrons. The van der Waals surface area contributed by atoms with Crippen LogP contribution in [0.2, 0.25) is 0 Å². The van der Waals surface area contributed by atoms with Crippen LogP contribution in [-0.4, -0.2) is 21.8 Å². The van der Waals surface area contributed by atoms with Crippen molar-refractivity contribution < 1.29 is 4.74 Å². The Morgan fingerprint density at radius 2 is 1.71 bits per heavy atom. The van der Waals surface area contributed by atoms with Gasteiger partial charge in [0.1, 0.15) is 6.10 Å². The number of hydrogen-bond acceptors (Lipinski definition) is 4. The molecule has 2 aromatic carbocycles. The average molecular weight is 334 g/mol. The summed E-state index contributed by atoms with van der Waals surface area (Å²) in [4.78, 5) is 10.6. The minimum atomic E-state index is 0.157. The van der Waals surface area contributed by atoms with Gasteiger partial charge >= 0.3 is 0 Å². The molecule has 1 unspecified atom stereocenters. The highest BCUT2D eigenvalue weighted by atomic mass is 32.2. The van der Waals surface area contributed by atoms with Gasteiger partial charge in [0.15, 0.2) is 5.82 Å². The summed E-state index contributed by atoms with van der Waals surface area (Å²) >= 11 is 1.82. The van der Waals surface area contributed by atoms with Crippen LogP contribution in [0.5, 0.6) is 5.88 Å². The molecule has 2 heterocycles. The van der Waals surface area contributed by atoms with Crippen LogP contribution in [-0.2, 0) is 6.42 Å².